The van der Waals surface area contributed by atoms with E-state index in [1.807, 2.05) is 0 Å². The molecule has 0 aromatic heterocycles. The second kappa shape index (κ2) is 7.64. The lowest BCUT2D eigenvalue weighted by atomic mass is 10.2. The van der Waals surface area contributed by atoms with Crippen LogP contribution in [0.25, 0.3) is 0 Å². The molecule has 0 spiro atoms. The molecule has 1 aliphatic heterocycles. The molecule has 1 aliphatic rings. The Labute approximate surface area is 127 Å². The third kappa shape index (κ3) is 6.80. The van der Waals surface area contributed by atoms with Gasteiger partial charge in [-0.1, -0.05) is 11.8 Å². The van der Waals surface area contributed by atoms with Gasteiger partial charge in [-0.15, -0.1) is 0 Å². The molecule has 8 nitrogen and oxygen atoms in total. The van der Waals surface area contributed by atoms with Crippen molar-refractivity contribution in [2.45, 2.75) is 18.9 Å². The van der Waals surface area contributed by atoms with E-state index in [0.717, 1.165) is 6.26 Å². The first-order valence-electron chi connectivity index (χ1n) is 6.30. The molecule has 120 valence electrons. The SMILES string of the molecule is CS(=O)(=O)CCC(NC(=O)CCN1CCSC1=O)C(=O)O. The zero-order valence-electron chi connectivity index (χ0n) is 11.6. The van der Waals surface area contributed by atoms with Crippen LogP contribution in [0.3, 0.4) is 0 Å². The average Bonchev–Trinajstić information content (AvgIpc) is 2.76. The quantitative estimate of drug-likeness (QED) is 0.615. The number of nitrogens with zero attached hydrogens (tertiary/aromatic N) is 1. The Bertz CT molecular complexity index is 519. The van der Waals surface area contributed by atoms with Crippen LogP contribution >= 0.6 is 11.8 Å². The highest BCUT2D eigenvalue weighted by atomic mass is 32.2. The second-order valence-corrected chi connectivity index (χ2v) is 8.03. The molecule has 0 aliphatic carbocycles. The molecule has 1 unspecified atom stereocenters. The van der Waals surface area contributed by atoms with Crippen molar-refractivity contribution in [2.75, 3.05) is 30.9 Å². The van der Waals surface area contributed by atoms with Gasteiger partial charge >= 0.3 is 5.97 Å². The Morgan fingerprint density at radius 1 is 1.48 bits per heavy atom. The number of aliphatic carboxylic acids is 1. The molecule has 10 heteroatoms. The predicted octanol–water partition coefficient (Wildman–Crippen LogP) is -0.451. The summed E-state index contributed by atoms with van der Waals surface area (Å²) in [6.45, 7) is 0.809. The van der Waals surface area contributed by atoms with E-state index >= 15 is 0 Å². The lowest BCUT2D eigenvalue weighted by Crippen LogP contribution is -2.43. The number of thioether (sulfide) groups is 1. The van der Waals surface area contributed by atoms with Crippen molar-refractivity contribution < 1.29 is 27.9 Å². The zero-order chi connectivity index (χ0) is 16.0. The Morgan fingerprint density at radius 2 is 2.14 bits per heavy atom. The number of nitrogens with one attached hydrogen (secondary N) is 1. The van der Waals surface area contributed by atoms with Crippen LogP contribution in [0.15, 0.2) is 0 Å². The molecule has 0 saturated carbocycles. The van der Waals surface area contributed by atoms with Crippen LogP contribution in [0, 0.1) is 0 Å². The largest absolute Gasteiger partial charge is 0.480 e. The summed E-state index contributed by atoms with van der Waals surface area (Å²) in [5.41, 5.74) is 0. The number of carboxylic acids is 1. The summed E-state index contributed by atoms with van der Waals surface area (Å²) in [7, 11) is -3.29. The maximum absolute atomic E-state index is 11.7. The van der Waals surface area contributed by atoms with E-state index in [-0.39, 0.29) is 30.4 Å². The summed E-state index contributed by atoms with van der Waals surface area (Å²) in [6, 6.07) is -1.24. The maximum atomic E-state index is 11.7. The number of hydrogen-bond acceptors (Lipinski definition) is 6. The fraction of sp³-hybridized carbons (Fsp3) is 0.727. The monoisotopic (exact) mass is 338 g/mol. The summed E-state index contributed by atoms with van der Waals surface area (Å²) in [6.07, 6.45) is 0.817. The highest BCUT2D eigenvalue weighted by Gasteiger charge is 2.24. The minimum absolute atomic E-state index is 0.00500. The lowest BCUT2D eigenvalue weighted by Gasteiger charge is -2.16. The van der Waals surface area contributed by atoms with Crippen molar-refractivity contribution in [3.8, 4) is 0 Å². The first-order chi connectivity index (χ1) is 9.69. The first kappa shape index (κ1) is 17.8. The molecule has 1 atom stereocenters. The van der Waals surface area contributed by atoms with Crippen molar-refractivity contribution >= 4 is 38.7 Å². The summed E-state index contributed by atoms with van der Waals surface area (Å²) in [5, 5.41) is 11.2. The van der Waals surface area contributed by atoms with E-state index in [9.17, 15) is 22.8 Å². The van der Waals surface area contributed by atoms with Gasteiger partial charge in [0.1, 0.15) is 15.9 Å². The standard InChI is InChI=1S/C11H18N2O6S2/c1-21(18,19)7-3-8(10(15)16)12-9(14)2-4-13-5-6-20-11(13)17/h8H,2-7H2,1H3,(H,12,14)(H,15,16). The lowest BCUT2D eigenvalue weighted by molar-refractivity contribution is -0.141. The van der Waals surface area contributed by atoms with Gasteiger partial charge in [-0.25, -0.2) is 13.2 Å². The number of rotatable bonds is 8. The van der Waals surface area contributed by atoms with Gasteiger partial charge in [0, 0.05) is 31.5 Å². The van der Waals surface area contributed by atoms with Crippen LogP contribution in [0.2, 0.25) is 0 Å². The van der Waals surface area contributed by atoms with Crippen molar-refractivity contribution in [3.63, 3.8) is 0 Å². The van der Waals surface area contributed by atoms with Crippen LogP contribution in [-0.2, 0) is 19.4 Å². The average molecular weight is 338 g/mol. The van der Waals surface area contributed by atoms with Gasteiger partial charge in [0.2, 0.25) is 5.91 Å². The summed E-state index contributed by atoms with van der Waals surface area (Å²) >= 11 is 1.18. The molecule has 2 N–H and O–H groups in total. The van der Waals surface area contributed by atoms with Gasteiger partial charge in [0.15, 0.2) is 0 Å². The van der Waals surface area contributed by atoms with E-state index < -0.39 is 27.8 Å². The Balaban J connectivity index is 2.41. The molecule has 0 aromatic rings. The zero-order valence-corrected chi connectivity index (χ0v) is 13.2. The number of sulfone groups is 1. The predicted molar refractivity (Wildman–Crippen MR) is 77.9 cm³/mol. The van der Waals surface area contributed by atoms with Crippen LogP contribution in [0.1, 0.15) is 12.8 Å². The summed E-state index contributed by atoms with van der Waals surface area (Å²) in [4.78, 5) is 35.5. The molecule has 1 heterocycles. The van der Waals surface area contributed by atoms with E-state index in [1.165, 1.54) is 16.7 Å². The van der Waals surface area contributed by atoms with Gasteiger partial charge in [0.05, 0.1) is 5.75 Å². The topological polar surface area (TPSA) is 121 Å². The maximum Gasteiger partial charge on any atom is 0.326 e. The Kier molecular flexibility index (Phi) is 6.46. The molecule has 0 aromatic carbocycles. The van der Waals surface area contributed by atoms with Gasteiger partial charge in [-0.3, -0.25) is 9.59 Å². The first-order valence-corrected chi connectivity index (χ1v) is 9.35. The number of carboxylic acid groups (broad SMARTS) is 1. The minimum atomic E-state index is -3.29. The van der Waals surface area contributed by atoms with Gasteiger partial charge in [0.25, 0.3) is 5.24 Å². The highest BCUT2D eigenvalue weighted by molar-refractivity contribution is 8.13. The number of hydrogen-bond donors (Lipinski definition) is 2. The fourth-order valence-electron chi connectivity index (χ4n) is 1.72. The van der Waals surface area contributed by atoms with Crippen molar-refractivity contribution in [1.29, 1.82) is 0 Å². The molecule has 2 amide bonds. The summed E-state index contributed by atoms with van der Waals surface area (Å²) < 4.78 is 22.1. The van der Waals surface area contributed by atoms with Crippen LogP contribution in [0.4, 0.5) is 4.79 Å². The fourth-order valence-corrected chi connectivity index (χ4v) is 3.24. The molecule has 1 saturated heterocycles. The number of carbonyl (C=O) groups excluding carboxylic acids is 2. The van der Waals surface area contributed by atoms with Crippen LogP contribution < -0.4 is 5.32 Å². The van der Waals surface area contributed by atoms with Crippen LogP contribution in [-0.4, -0.2) is 72.4 Å². The molecule has 21 heavy (non-hydrogen) atoms. The highest BCUT2D eigenvalue weighted by Crippen LogP contribution is 2.16. The van der Waals surface area contributed by atoms with Gasteiger partial charge in [-0.2, -0.15) is 0 Å². The Morgan fingerprint density at radius 3 is 2.62 bits per heavy atom. The molecule has 0 radical (unpaired) electrons. The van der Waals surface area contributed by atoms with Crippen molar-refractivity contribution in [1.82, 2.24) is 10.2 Å². The smallest absolute Gasteiger partial charge is 0.326 e. The molecule has 1 rings (SSSR count). The van der Waals surface area contributed by atoms with E-state index in [0.29, 0.717) is 12.3 Å². The second-order valence-electron chi connectivity index (χ2n) is 4.73. The summed E-state index contributed by atoms with van der Waals surface area (Å²) in [5.74, 6) is -1.42. The minimum Gasteiger partial charge on any atom is -0.480 e. The van der Waals surface area contributed by atoms with E-state index in [2.05, 4.69) is 5.32 Å². The van der Waals surface area contributed by atoms with E-state index in [4.69, 9.17) is 5.11 Å². The number of carbonyl (C=O) groups is 3. The van der Waals surface area contributed by atoms with Crippen molar-refractivity contribution in [3.05, 3.63) is 0 Å². The molecular weight excluding hydrogens is 320 g/mol. The number of amides is 2. The van der Waals surface area contributed by atoms with Gasteiger partial charge < -0.3 is 15.3 Å². The normalized spacial score (nSPS) is 16.8. The van der Waals surface area contributed by atoms with Crippen molar-refractivity contribution in [2.24, 2.45) is 0 Å². The molecular formula is C11H18N2O6S2. The third-order valence-corrected chi connectivity index (χ3v) is 4.73. The van der Waals surface area contributed by atoms with E-state index in [1.54, 1.807) is 0 Å². The Hall–Kier alpha value is -1.29. The molecule has 0 bridgehead atoms. The third-order valence-electron chi connectivity index (χ3n) is 2.86. The van der Waals surface area contributed by atoms with Crippen LogP contribution in [0.5, 0.6) is 0 Å². The molecule has 1 fully saturated rings. The van der Waals surface area contributed by atoms with Gasteiger partial charge in [-0.05, 0) is 6.42 Å².